The minimum Gasteiger partial charge on any atom is -0.343 e. The number of benzene rings is 3. The Kier molecular flexibility index (Phi) is 11.8. The molecule has 1 unspecified atom stereocenters. The van der Waals surface area contributed by atoms with Crippen molar-refractivity contribution >= 4 is 40.6 Å². The first-order chi connectivity index (χ1) is 21.3. The van der Waals surface area contributed by atoms with E-state index in [1.807, 2.05) is 19.9 Å². The number of amides is 3. The number of allylic oxidation sites excluding steroid dienone is 1. The lowest BCUT2D eigenvalue weighted by molar-refractivity contribution is -0.137. The molecule has 0 saturated carbocycles. The van der Waals surface area contributed by atoms with Crippen LogP contribution in [0.2, 0.25) is 0 Å². The van der Waals surface area contributed by atoms with Gasteiger partial charge in [0.25, 0.3) is 11.8 Å². The average molecular weight is 621 g/mol. The van der Waals surface area contributed by atoms with E-state index in [0.717, 1.165) is 24.6 Å². The Bertz CT molecular complexity index is 1630. The Morgan fingerprint density at radius 3 is 2.24 bits per heavy atom. The lowest BCUT2D eigenvalue weighted by atomic mass is 10.1. The third-order valence-corrected chi connectivity index (χ3v) is 6.70. The minimum absolute atomic E-state index is 0.00432. The molecule has 45 heavy (non-hydrogen) atoms. The number of alkyl halides is 3. The molecule has 0 saturated heterocycles. The molecule has 0 fully saturated rings. The van der Waals surface area contributed by atoms with E-state index in [4.69, 9.17) is 5.73 Å². The molecule has 3 aromatic carbocycles. The number of hydrogen-bond donors (Lipinski definition) is 5. The highest BCUT2D eigenvalue weighted by Gasteiger charge is 2.31. The van der Waals surface area contributed by atoms with Crippen molar-refractivity contribution < 1.29 is 27.6 Å². The van der Waals surface area contributed by atoms with Gasteiger partial charge in [-0.3, -0.25) is 14.4 Å². The number of nitrogens with zero attached hydrogens (tertiary/aromatic N) is 1. The molecule has 3 rings (SSSR count). The smallest absolute Gasteiger partial charge is 0.343 e. The minimum atomic E-state index is -4.59. The highest BCUT2D eigenvalue weighted by atomic mass is 19.4. The van der Waals surface area contributed by atoms with E-state index in [2.05, 4.69) is 32.8 Å². The Morgan fingerprint density at radius 1 is 0.933 bits per heavy atom. The van der Waals surface area contributed by atoms with E-state index in [-0.39, 0.29) is 35.2 Å². The maximum absolute atomic E-state index is 13.2. The van der Waals surface area contributed by atoms with Crippen molar-refractivity contribution in [3.63, 3.8) is 0 Å². The first-order valence-corrected chi connectivity index (χ1v) is 14.0. The molecule has 236 valence electrons. The summed E-state index contributed by atoms with van der Waals surface area (Å²) in [5, 5.41) is 11.2. The zero-order chi connectivity index (χ0) is 33.1. The number of aliphatic imine (C=N–C) groups is 1. The van der Waals surface area contributed by atoms with Gasteiger partial charge in [-0.15, -0.1) is 0 Å². The number of carbonyl (C=O) groups excluding carboxylic acids is 3. The van der Waals surface area contributed by atoms with Gasteiger partial charge in [0.1, 0.15) is 5.84 Å². The van der Waals surface area contributed by atoms with E-state index in [1.165, 1.54) is 24.4 Å². The van der Waals surface area contributed by atoms with Crippen LogP contribution >= 0.6 is 0 Å². The van der Waals surface area contributed by atoms with E-state index in [0.29, 0.717) is 28.5 Å². The molecule has 1 atom stereocenters. The van der Waals surface area contributed by atoms with Crippen molar-refractivity contribution in [2.75, 3.05) is 22.5 Å². The summed E-state index contributed by atoms with van der Waals surface area (Å²) < 4.78 is 39.2. The fourth-order valence-corrected chi connectivity index (χ4v) is 3.97. The number of rotatable bonds is 11. The van der Waals surface area contributed by atoms with Crippen molar-refractivity contribution in [2.45, 2.75) is 33.4 Å². The summed E-state index contributed by atoms with van der Waals surface area (Å²) in [5.41, 5.74) is 6.86. The Labute approximate surface area is 259 Å². The highest BCUT2D eigenvalue weighted by molar-refractivity contribution is 6.05. The molecule has 9 nitrogen and oxygen atoms in total. The summed E-state index contributed by atoms with van der Waals surface area (Å²) in [4.78, 5) is 42.1. The Balaban J connectivity index is 1.79. The molecule has 0 aliphatic heterocycles. The fraction of sp³-hybridized carbons (Fsp3) is 0.212. The van der Waals surface area contributed by atoms with Gasteiger partial charge in [0, 0.05) is 34.1 Å². The molecule has 0 spiro atoms. The van der Waals surface area contributed by atoms with Gasteiger partial charge in [0.05, 0.1) is 24.0 Å². The molecule has 0 bridgehead atoms. The number of carbonyl (C=O) groups is 3. The summed E-state index contributed by atoms with van der Waals surface area (Å²) >= 11 is 0. The molecular formula is C33H35F3N6O3. The van der Waals surface area contributed by atoms with Crippen LogP contribution in [0.25, 0.3) is 0 Å². The van der Waals surface area contributed by atoms with Crippen LogP contribution in [-0.2, 0) is 11.0 Å². The van der Waals surface area contributed by atoms with Crippen molar-refractivity contribution in [3.05, 3.63) is 114 Å². The van der Waals surface area contributed by atoms with Crippen LogP contribution in [0.15, 0.2) is 96.3 Å². The summed E-state index contributed by atoms with van der Waals surface area (Å²) in [5.74, 6) is -0.982. The average Bonchev–Trinajstić information content (AvgIpc) is 3.02. The van der Waals surface area contributed by atoms with Crippen LogP contribution in [0.4, 0.5) is 30.2 Å². The first kappa shape index (κ1) is 34.3. The maximum Gasteiger partial charge on any atom is 0.416 e. The van der Waals surface area contributed by atoms with Crippen molar-refractivity contribution in [2.24, 2.45) is 16.6 Å². The maximum atomic E-state index is 13.2. The molecule has 0 aromatic heterocycles. The van der Waals surface area contributed by atoms with Gasteiger partial charge in [-0.05, 0) is 73.5 Å². The standard InChI is InChI=1S/C33H35F3N6O3/c1-5-20(3)30(40-26-12-8-11-25(16-26)39-29(43)18-37)38-19-24(6-2)41-32(45)28-17-27(14-13-21(28)4)42-31(44)22-9-7-10-23(15-22)33(34,35)36/h6-17,19-20H,2,5,18,37H2,1,3-4H3,(H,38,40)(H,39,43)(H,41,45)(H,42,44)/b24-19+. The third kappa shape index (κ3) is 9.90. The molecule has 0 heterocycles. The molecule has 6 N–H and O–H groups in total. The zero-order valence-electron chi connectivity index (χ0n) is 25.1. The number of aryl methyl sites for hydroxylation is 1. The number of amidine groups is 1. The molecule has 12 heteroatoms. The van der Waals surface area contributed by atoms with Crippen LogP contribution in [0.3, 0.4) is 0 Å². The van der Waals surface area contributed by atoms with Gasteiger partial charge < -0.3 is 27.0 Å². The van der Waals surface area contributed by atoms with E-state index < -0.39 is 23.6 Å². The van der Waals surface area contributed by atoms with Crippen LogP contribution in [-0.4, -0.2) is 30.1 Å². The highest BCUT2D eigenvalue weighted by Crippen LogP contribution is 2.30. The van der Waals surface area contributed by atoms with Gasteiger partial charge in [0.15, 0.2) is 0 Å². The quantitative estimate of drug-likeness (QED) is 0.0950. The summed E-state index contributed by atoms with van der Waals surface area (Å²) in [6, 6.07) is 15.7. The monoisotopic (exact) mass is 620 g/mol. The first-order valence-electron chi connectivity index (χ1n) is 14.0. The normalized spacial score (nSPS) is 12.6. The number of nitrogens with two attached hydrogens (primary N) is 1. The zero-order valence-corrected chi connectivity index (χ0v) is 25.1. The Hall–Kier alpha value is -5.23. The van der Waals surface area contributed by atoms with Crippen LogP contribution < -0.4 is 27.0 Å². The third-order valence-electron chi connectivity index (χ3n) is 6.70. The summed E-state index contributed by atoms with van der Waals surface area (Å²) in [7, 11) is 0. The van der Waals surface area contributed by atoms with Crippen molar-refractivity contribution in [3.8, 4) is 0 Å². The lowest BCUT2D eigenvalue weighted by Crippen LogP contribution is -2.24. The summed E-state index contributed by atoms with van der Waals surface area (Å²) in [6.07, 6.45) is -0.954. The molecule has 3 aromatic rings. The van der Waals surface area contributed by atoms with E-state index in [9.17, 15) is 27.6 Å². The molecule has 0 radical (unpaired) electrons. The largest absolute Gasteiger partial charge is 0.416 e. The number of nitrogens with one attached hydrogen (secondary N) is 4. The van der Waals surface area contributed by atoms with Crippen molar-refractivity contribution in [1.82, 2.24) is 5.32 Å². The van der Waals surface area contributed by atoms with E-state index in [1.54, 1.807) is 37.3 Å². The summed E-state index contributed by atoms with van der Waals surface area (Å²) in [6.45, 7) is 9.30. The van der Waals surface area contributed by atoms with Gasteiger partial charge in [0.2, 0.25) is 5.91 Å². The second-order valence-electron chi connectivity index (χ2n) is 10.1. The topological polar surface area (TPSA) is 138 Å². The predicted molar refractivity (Wildman–Crippen MR) is 171 cm³/mol. The fourth-order valence-electron chi connectivity index (χ4n) is 3.97. The second kappa shape index (κ2) is 15.5. The van der Waals surface area contributed by atoms with Gasteiger partial charge in [-0.2, -0.15) is 13.2 Å². The van der Waals surface area contributed by atoms with Gasteiger partial charge in [-0.1, -0.05) is 38.6 Å². The number of hydrogen-bond acceptors (Lipinski definition) is 5. The SMILES string of the molecule is C=C/C(=C\N=C(Nc1cccc(NC(=O)CN)c1)C(C)CC)NC(=O)c1cc(NC(=O)c2cccc(C(F)(F)F)c2)ccc1C. The van der Waals surface area contributed by atoms with Gasteiger partial charge in [-0.25, -0.2) is 4.99 Å². The van der Waals surface area contributed by atoms with Crippen LogP contribution in [0.5, 0.6) is 0 Å². The molecule has 0 aliphatic rings. The molecular weight excluding hydrogens is 585 g/mol. The predicted octanol–water partition coefficient (Wildman–Crippen LogP) is 6.48. The van der Waals surface area contributed by atoms with Crippen molar-refractivity contribution in [1.29, 1.82) is 0 Å². The van der Waals surface area contributed by atoms with Crippen LogP contribution in [0, 0.1) is 12.8 Å². The van der Waals surface area contributed by atoms with E-state index >= 15 is 0 Å². The number of halogens is 3. The van der Waals surface area contributed by atoms with Gasteiger partial charge >= 0.3 is 6.18 Å². The second-order valence-corrected chi connectivity index (χ2v) is 10.1. The molecule has 3 amide bonds. The molecule has 0 aliphatic carbocycles. The lowest BCUT2D eigenvalue weighted by Gasteiger charge is -2.16. The number of anilines is 3. The van der Waals surface area contributed by atoms with Crippen LogP contribution in [0.1, 0.15) is 52.1 Å². The Morgan fingerprint density at radius 2 is 1.60 bits per heavy atom.